The van der Waals surface area contributed by atoms with E-state index in [1.165, 1.54) is 11.3 Å². The summed E-state index contributed by atoms with van der Waals surface area (Å²) in [6.45, 7) is 0. The molecule has 0 aliphatic rings. The Morgan fingerprint density at radius 2 is 2.06 bits per heavy atom. The molecular formula is C13H10ClNO2S. The molecule has 2 rings (SSSR count). The van der Waals surface area contributed by atoms with Gasteiger partial charge in [0.2, 0.25) is 0 Å². The van der Waals surface area contributed by atoms with Gasteiger partial charge in [0.15, 0.2) is 4.47 Å². The Hall–Kier alpha value is -1.65. The Labute approximate surface area is 113 Å². The van der Waals surface area contributed by atoms with Crippen LogP contribution in [0.4, 0.5) is 0 Å². The van der Waals surface area contributed by atoms with Gasteiger partial charge in [-0.15, -0.1) is 11.3 Å². The number of aromatic nitrogens is 1. The number of thiazole rings is 1. The maximum atomic E-state index is 10.7. The second-order valence-electron chi connectivity index (χ2n) is 3.59. The van der Waals surface area contributed by atoms with Crippen LogP contribution in [0.15, 0.2) is 30.3 Å². The zero-order chi connectivity index (χ0) is 13.0. The molecule has 0 bridgehead atoms. The summed E-state index contributed by atoms with van der Waals surface area (Å²) >= 11 is 7.01. The summed E-state index contributed by atoms with van der Waals surface area (Å²) in [6.07, 6.45) is 3.62. The number of halogens is 1. The summed E-state index contributed by atoms with van der Waals surface area (Å²) in [5.41, 5.74) is 1.65. The van der Waals surface area contributed by atoms with E-state index in [1.807, 2.05) is 36.4 Å². The predicted octanol–water partition coefficient (Wildman–Crippen LogP) is 3.59. The topological polar surface area (TPSA) is 50.2 Å². The standard InChI is InChI=1S/C13H10ClNO2S/c14-13-15-10(11(18-13)8-12(16)17)7-6-9-4-2-1-3-5-9/h1-7H,8H2,(H,16,17)/b7-6+. The van der Waals surface area contributed by atoms with E-state index < -0.39 is 5.97 Å². The Morgan fingerprint density at radius 3 is 2.72 bits per heavy atom. The predicted molar refractivity (Wildman–Crippen MR) is 73.8 cm³/mol. The zero-order valence-corrected chi connectivity index (χ0v) is 10.9. The lowest BCUT2D eigenvalue weighted by Crippen LogP contribution is -1.99. The van der Waals surface area contributed by atoms with Crippen LogP contribution in [0.1, 0.15) is 16.1 Å². The minimum atomic E-state index is -0.885. The fourth-order valence-electron chi connectivity index (χ4n) is 1.47. The summed E-state index contributed by atoms with van der Waals surface area (Å²) in [4.78, 5) is 15.5. The minimum absolute atomic E-state index is 0.0567. The molecule has 92 valence electrons. The number of hydrogen-bond acceptors (Lipinski definition) is 3. The molecule has 0 aliphatic heterocycles. The molecule has 1 aromatic heterocycles. The number of hydrogen-bond donors (Lipinski definition) is 1. The Morgan fingerprint density at radius 1 is 1.33 bits per heavy atom. The molecule has 18 heavy (non-hydrogen) atoms. The highest BCUT2D eigenvalue weighted by atomic mass is 35.5. The third kappa shape index (κ3) is 3.42. The molecule has 0 radical (unpaired) electrons. The third-order valence-corrected chi connectivity index (χ3v) is 3.42. The summed E-state index contributed by atoms with van der Waals surface area (Å²) < 4.78 is 0.360. The molecule has 1 heterocycles. The van der Waals surface area contributed by atoms with Gasteiger partial charge in [0.05, 0.1) is 12.1 Å². The average molecular weight is 280 g/mol. The number of carbonyl (C=O) groups is 1. The van der Waals surface area contributed by atoms with Crippen LogP contribution < -0.4 is 0 Å². The van der Waals surface area contributed by atoms with Gasteiger partial charge in [-0.2, -0.15) is 0 Å². The molecule has 1 aromatic carbocycles. The maximum Gasteiger partial charge on any atom is 0.308 e. The number of nitrogens with zero attached hydrogens (tertiary/aromatic N) is 1. The van der Waals surface area contributed by atoms with E-state index in [4.69, 9.17) is 16.7 Å². The number of aliphatic carboxylic acids is 1. The number of carboxylic acid groups (broad SMARTS) is 1. The molecule has 0 saturated heterocycles. The van der Waals surface area contributed by atoms with E-state index in [9.17, 15) is 4.79 Å². The van der Waals surface area contributed by atoms with Crippen molar-refractivity contribution in [1.29, 1.82) is 0 Å². The minimum Gasteiger partial charge on any atom is -0.481 e. The smallest absolute Gasteiger partial charge is 0.308 e. The van der Waals surface area contributed by atoms with E-state index in [0.717, 1.165) is 5.56 Å². The van der Waals surface area contributed by atoms with E-state index in [1.54, 1.807) is 6.08 Å². The zero-order valence-electron chi connectivity index (χ0n) is 9.34. The first-order valence-corrected chi connectivity index (χ1v) is 6.45. The highest BCUT2D eigenvalue weighted by molar-refractivity contribution is 7.16. The summed E-state index contributed by atoms with van der Waals surface area (Å²) in [7, 11) is 0. The lowest BCUT2D eigenvalue weighted by atomic mass is 10.2. The van der Waals surface area contributed by atoms with Crippen molar-refractivity contribution < 1.29 is 9.90 Å². The molecule has 2 aromatic rings. The molecule has 0 spiro atoms. The van der Waals surface area contributed by atoms with Crippen molar-refractivity contribution in [3.63, 3.8) is 0 Å². The van der Waals surface area contributed by atoms with Gasteiger partial charge in [0.1, 0.15) is 0 Å². The van der Waals surface area contributed by atoms with Crippen molar-refractivity contribution in [3.05, 3.63) is 50.9 Å². The van der Waals surface area contributed by atoms with E-state index in [0.29, 0.717) is 15.0 Å². The molecule has 0 amide bonds. The van der Waals surface area contributed by atoms with E-state index in [2.05, 4.69) is 4.98 Å². The number of carboxylic acids is 1. The molecule has 0 atom stereocenters. The lowest BCUT2D eigenvalue weighted by Gasteiger charge is -1.94. The first-order chi connectivity index (χ1) is 8.65. The van der Waals surface area contributed by atoms with Gasteiger partial charge in [-0.25, -0.2) is 4.98 Å². The molecule has 5 heteroatoms. The van der Waals surface area contributed by atoms with Gasteiger partial charge in [0, 0.05) is 4.88 Å². The highest BCUT2D eigenvalue weighted by Crippen LogP contribution is 2.25. The van der Waals surface area contributed by atoms with Crippen molar-refractivity contribution >= 4 is 41.1 Å². The number of benzene rings is 1. The van der Waals surface area contributed by atoms with Crippen molar-refractivity contribution in [2.24, 2.45) is 0 Å². The van der Waals surface area contributed by atoms with E-state index >= 15 is 0 Å². The SMILES string of the molecule is O=C(O)Cc1sc(Cl)nc1/C=C/c1ccccc1. The molecule has 0 unspecified atom stereocenters. The molecular weight excluding hydrogens is 270 g/mol. The fourth-order valence-corrected chi connectivity index (χ4v) is 2.60. The summed E-state index contributed by atoms with van der Waals surface area (Å²) in [6, 6.07) is 9.73. The second kappa shape index (κ2) is 5.80. The molecule has 1 N–H and O–H groups in total. The van der Waals surface area contributed by atoms with Crippen LogP contribution in [0.5, 0.6) is 0 Å². The summed E-state index contributed by atoms with van der Waals surface area (Å²) in [5, 5.41) is 8.80. The van der Waals surface area contributed by atoms with Gasteiger partial charge >= 0.3 is 5.97 Å². The van der Waals surface area contributed by atoms with Gasteiger partial charge in [-0.05, 0) is 11.6 Å². The Balaban J connectivity index is 2.23. The van der Waals surface area contributed by atoms with E-state index in [-0.39, 0.29) is 6.42 Å². The van der Waals surface area contributed by atoms with Crippen LogP contribution in [-0.2, 0) is 11.2 Å². The lowest BCUT2D eigenvalue weighted by molar-refractivity contribution is -0.136. The average Bonchev–Trinajstić information content (AvgIpc) is 2.67. The van der Waals surface area contributed by atoms with Crippen LogP contribution in [0, 0.1) is 0 Å². The first kappa shape index (κ1) is 12.8. The maximum absolute atomic E-state index is 10.7. The van der Waals surface area contributed by atoms with Crippen LogP contribution in [0.3, 0.4) is 0 Å². The van der Waals surface area contributed by atoms with Crippen LogP contribution >= 0.6 is 22.9 Å². The normalized spacial score (nSPS) is 10.9. The van der Waals surface area contributed by atoms with Gasteiger partial charge in [0.25, 0.3) is 0 Å². The van der Waals surface area contributed by atoms with Crippen molar-refractivity contribution in [1.82, 2.24) is 4.98 Å². The van der Waals surface area contributed by atoms with Crippen molar-refractivity contribution in [2.75, 3.05) is 0 Å². The molecule has 0 fully saturated rings. The van der Waals surface area contributed by atoms with Gasteiger partial charge in [-0.1, -0.05) is 48.0 Å². The number of rotatable bonds is 4. The largest absolute Gasteiger partial charge is 0.481 e. The van der Waals surface area contributed by atoms with Crippen LogP contribution in [0.25, 0.3) is 12.2 Å². The fraction of sp³-hybridized carbons (Fsp3) is 0.0769. The Kier molecular flexibility index (Phi) is 4.12. The van der Waals surface area contributed by atoms with Crippen molar-refractivity contribution in [2.45, 2.75) is 6.42 Å². The van der Waals surface area contributed by atoms with Crippen molar-refractivity contribution in [3.8, 4) is 0 Å². The Bertz CT molecular complexity index is 578. The van der Waals surface area contributed by atoms with Crippen LogP contribution in [-0.4, -0.2) is 16.1 Å². The molecule has 0 aliphatic carbocycles. The monoisotopic (exact) mass is 279 g/mol. The first-order valence-electron chi connectivity index (χ1n) is 5.25. The van der Waals surface area contributed by atoms with Gasteiger partial charge in [-0.3, -0.25) is 4.79 Å². The quantitative estimate of drug-likeness (QED) is 0.930. The highest BCUT2D eigenvalue weighted by Gasteiger charge is 2.10. The second-order valence-corrected chi connectivity index (χ2v) is 5.26. The van der Waals surface area contributed by atoms with Gasteiger partial charge < -0.3 is 5.11 Å². The molecule has 3 nitrogen and oxygen atoms in total. The third-order valence-electron chi connectivity index (χ3n) is 2.25. The van der Waals surface area contributed by atoms with Crippen LogP contribution in [0.2, 0.25) is 4.47 Å². The molecule has 0 saturated carbocycles. The summed E-state index contributed by atoms with van der Waals surface area (Å²) in [5.74, 6) is -0.885.